The Kier molecular flexibility index (Phi) is 4.73. The predicted octanol–water partition coefficient (Wildman–Crippen LogP) is 4.45. The van der Waals surface area contributed by atoms with E-state index in [1.54, 1.807) is 0 Å². The average Bonchev–Trinajstić information content (AvgIpc) is 2.59. The summed E-state index contributed by atoms with van der Waals surface area (Å²) in [6.07, 6.45) is -1.68. The number of anilines is 1. The minimum absolute atomic E-state index is 0.155. The molecule has 0 radical (unpaired) electrons. The predicted molar refractivity (Wildman–Crippen MR) is 71.2 cm³/mol. The summed E-state index contributed by atoms with van der Waals surface area (Å²) in [6.45, 7) is 1.37. The van der Waals surface area contributed by atoms with Crippen LogP contribution in [0.1, 0.15) is 24.8 Å². The lowest BCUT2D eigenvalue weighted by Gasteiger charge is -2.19. The molecule has 2 rings (SSSR count). The number of alkyl halides is 3. The summed E-state index contributed by atoms with van der Waals surface area (Å²) in [6, 6.07) is 3.81. The second-order valence-electron chi connectivity index (χ2n) is 4.58. The molecule has 19 heavy (non-hydrogen) atoms. The van der Waals surface area contributed by atoms with E-state index < -0.39 is 11.7 Å². The maximum absolute atomic E-state index is 12.7. The van der Waals surface area contributed by atoms with Gasteiger partial charge in [0.1, 0.15) is 0 Å². The standard InChI is InChI=1S/C13H15BrF3NO/c14-11-4-3-9(13(15,16)17)8-12(11)18-10-2-1-6-19-7-5-10/h3-4,8,10,18H,1-2,5-7H2. The molecule has 1 aromatic rings. The zero-order valence-electron chi connectivity index (χ0n) is 10.3. The van der Waals surface area contributed by atoms with Gasteiger partial charge < -0.3 is 10.1 Å². The molecule has 2 nitrogen and oxygen atoms in total. The van der Waals surface area contributed by atoms with Crippen molar-refractivity contribution in [3.05, 3.63) is 28.2 Å². The van der Waals surface area contributed by atoms with E-state index in [0.717, 1.165) is 38.0 Å². The van der Waals surface area contributed by atoms with E-state index in [1.165, 1.54) is 6.07 Å². The molecule has 0 bridgehead atoms. The molecular formula is C13H15BrF3NO. The summed E-state index contributed by atoms with van der Waals surface area (Å²) >= 11 is 3.28. The molecule has 0 saturated carbocycles. The average molecular weight is 338 g/mol. The molecule has 1 heterocycles. The first kappa shape index (κ1) is 14.7. The fourth-order valence-corrected chi connectivity index (χ4v) is 2.44. The quantitative estimate of drug-likeness (QED) is 0.860. The molecule has 1 fully saturated rings. The van der Waals surface area contributed by atoms with Crippen LogP contribution in [0, 0.1) is 0 Å². The van der Waals surface area contributed by atoms with Crippen LogP contribution < -0.4 is 5.32 Å². The van der Waals surface area contributed by atoms with Gasteiger partial charge in [-0.05, 0) is 53.4 Å². The molecule has 1 saturated heterocycles. The maximum atomic E-state index is 12.7. The first-order chi connectivity index (χ1) is 8.97. The molecule has 6 heteroatoms. The molecule has 1 atom stereocenters. The molecular weight excluding hydrogens is 323 g/mol. The summed E-state index contributed by atoms with van der Waals surface area (Å²) in [5, 5.41) is 3.17. The van der Waals surface area contributed by atoms with Gasteiger partial charge in [-0.1, -0.05) is 0 Å². The van der Waals surface area contributed by atoms with Gasteiger partial charge >= 0.3 is 6.18 Å². The lowest BCUT2D eigenvalue weighted by Crippen LogP contribution is -2.20. The second-order valence-corrected chi connectivity index (χ2v) is 5.43. The third-order valence-corrected chi connectivity index (χ3v) is 3.80. The van der Waals surface area contributed by atoms with Crippen LogP contribution in [0.25, 0.3) is 0 Å². The molecule has 0 aliphatic carbocycles. The van der Waals surface area contributed by atoms with Gasteiger partial charge in [0.15, 0.2) is 0 Å². The van der Waals surface area contributed by atoms with Gasteiger partial charge in [0.05, 0.1) is 5.56 Å². The van der Waals surface area contributed by atoms with Crippen molar-refractivity contribution in [1.82, 2.24) is 0 Å². The van der Waals surface area contributed by atoms with Gasteiger partial charge in [0.2, 0.25) is 0 Å². The van der Waals surface area contributed by atoms with Crippen LogP contribution in [0.3, 0.4) is 0 Å². The van der Waals surface area contributed by atoms with E-state index >= 15 is 0 Å². The molecule has 0 amide bonds. The minimum atomic E-state index is -4.32. The van der Waals surface area contributed by atoms with Crippen LogP contribution >= 0.6 is 15.9 Å². The normalized spacial score (nSPS) is 20.9. The number of hydrogen-bond donors (Lipinski definition) is 1. The Bertz CT molecular complexity index is 428. The fourth-order valence-electron chi connectivity index (χ4n) is 2.08. The van der Waals surface area contributed by atoms with E-state index in [0.29, 0.717) is 16.8 Å². The topological polar surface area (TPSA) is 21.3 Å². The number of nitrogens with one attached hydrogen (secondary N) is 1. The highest BCUT2D eigenvalue weighted by Crippen LogP contribution is 2.34. The molecule has 1 N–H and O–H groups in total. The number of rotatable bonds is 2. The third-order valence-electron chi connectivity index (χ3n) is 3.11. The number of halogens is 4. The SMILES string of the molecule is FC(F)(F)c1ccc(Br)c(NC2CCCOCC2)c1. The maximum Gasteiger partial charge on any atom is 0.416 e. The lowest BCUT2D eigenvalue weighted by molar-refractivity contribution is -0.137. The Hall–Kier alpha value is -0.750. The highest BCUT2D eigenvalue weighted by atomic mass is 79.9. The van der Waals surface area contributed by atoms with E-state index in [4.69, 9.17) is 4.74 Å². The van der Waals surface area contributed by atoms with E-state index in [1.807, 2.05) is 0 Å². The highest BCUT2D eigenvalue weighted by Gasteiger charge is 2.31. The van der Waals surface area contributed by atoms with Crippen LogP contribution in [-0.4, -0.2) is 19.3 Å². The van der Waals surface area contributed by atoms with Crippen molar-refractivity contribution < 1.29 is 17.9 Å². The Morgan fingerprint density at radius 2 is 2.00 bits per heavy atom. The van der Waals surface area contributed by atoms with Crippen molar-refractivity contribution in [1.29, 1.82) is 0 Å². The smallest absolute Gasteiger partial charge is 0.381 e. The van der Waals surface area contributed by atoms with Crippen molar-refractivity contribution in [3.63, 3.8) is 0 Å². The second kappa shape index (κ2) is 6.13. The van der Waals surface area contributed by atoms with Gasteiger partial charge in [-0.15, -0.1) is 0 Å². The molecule has 1 unspecified atom stereocenters. The zero-order valence-corrected chi connectivity index (χ0v) is 11.9. The highest BCUT2D eigenvalue weighted by molar-refractivity contribution is 9.10. The van der Waals surface area contributed by atoms with Gasteiger partial charge in [-0.25, -0.2) is 0 Å². The van der Waals surface area contributed by atoms with Crippen LogP contribution in [0.5, 0.6) is 0 Å². The Morgan fingerprint density at radius 1 is 1.21 bits per heavy atom. The fraction of sp³-hybridized carbons (Fsp3) is 0.538. The monoisotopic (exact) mass is 337 g/mol. The van der Waals surface area contributed by atoms with E-state index in [-0.39, 0.29) is 6.04 Å². The molecule has 1 aliphatic rings. The Balaban J connectivity index is 2.14. The summed E-state index contributed by atoms with van der Waals surface area (Å²) in [5.74, 6) is 0. The van der Waals surface area contributed by atoms with E-state index in [2.05, 4.69) is 21.2 Å². The first-order valence-corrected chi connectivity index (χ1v) is 6.97. The zero-order chi connectivity index (χ0) is 13.9. The van der Waals surface area contributed by atoms with Crippen LogP contribution in [0.2, 0.25) is 0 Å². The number of ether oxygens (including phenoxy) is 1. The van der Waals surface area contributed by atoms with Gasteiger partial charge in [0, 0.05) is 29.4 Å². The molecule has 0 spiro atoms. The molecule has 1 aromatic carbocycles. The van der Waals surface area contributed by atoms with Gasteiger partial charge in [-0.3, -0.25) is 0 Å². The largest absolute Gasteiger partial charge is 0.416 e. The number of benzene rings is 1. The molecule has 0 aromatic heterocycles. The molecule has 106 valence electrons. The Morgan fingerprint density at radius 3 is 2.74 bits per heavy atom. The van der Waals surface area contributed by atoms with Crippen molar-refractivity contribution >= 4 is 21.6 Å². The summed E-state index contributed by atoms with van der Waals surface area (Å²) in [5.41, 5.74) is -0.148. The van der Waals surface area contributed by atoms with Crippen LogP contribution in [0.15, 0.2) is 22.7 Å². The number of hydrogen-bond acceptors (Lipinski definition) is 2. The van der Waals surface area contributed by atoms with Crippen LogP contribution in [-0.2, 0) is 10.9 Å². The van der Waals surface area contributed by atoms with E-state index in [9.17, 15) is 13.2 Å². The molecule has 1 aliphatic heterocycles. The minimum Gasteiger partial charge on any atom is -0.381 e. The van der Waals surface area contributed by atoms with Crippen molar-refractivity contribution in [2.24, 2.45) is 0 Å². The first-order valence-electron chi connectivity index (χ1n) is 6.18. The van der Waals surface area contributed by atoms with Gasteiger partial charge in [-0.2, -0.15) is 13.2 Å². The summed E-state index contributed by atoms with van der Waals surface area (Å²) < 4.78 is 44.0. The summed E-state index contributed by atoms with van der Waals surface area (Å²) in [7, 11) is 0. The Labute approximate surface area is 118 Å². The van der Waals surface area contributed by atoms with Crippen molar-refractivity contribution in [3.8, 4) is 0 Å². The third kappa shape index (κ3) is 4.11. The van der Waals surface area contributed by atoms with Crippen molar-refractivity contribution in [2.75, 3.05) is 18.5 Å². The van der Waals surface area contributed by atoms with Crippen LogP contribution in [0.4, 0.5) is 18.9 Å². The van der Waals surface area contributed by atoms with Gasteiger partial charge in [0.25, 0.3) is 0 Å². The summed E-state index contributed by atoms with van der Waals surface area (Å²) in [4.78, 5) is 0. The lowest BCUT2D eigenvalue weighted by atomic mass is 10.1. The van der Waals surface area contributed by atoms with Crippen molar-refractivity contribution in [2.45, 2.75) is 31.5 Å².